The van der Waals surface area contributed by atoms with E-state index in [1.807, 2.05) is 12.1 Å². The minimum atomic E-state index is -0.110. The zero-order valence-electron chi connectivity index (χ0n) is 12.6. The Labute approximate surface area is 157 Å². The van der Waals surface area contributed by atoms with Gasteiger partial charge in [0.25, 0.3) is 0 Å². The third-order valence-electron chi connectivity index (χ3n) is 2.39. The summed E-state index contributed by atoms with van der Waals surface area (Å²) in [4.78, 5) is 11.9. The molecule has 4 nitrogen and oxygen atoms in total. The zero-order valence-corrected chi connectivity index (χ0v) is 16.6. The van der Waals surface area contributed by atoms with E-state index in [0.717, 1.165) is 14.4 Å². The lowest BCUT2D eigenvalue weighted by atomic mass is 10.3. The minimum Gasteiger partial charge on any atom is -0.324 e. The molecular weight excluding hydrogens is 390 g/mol. The van der Waals surface area contributed by atoms with Crippen molar-refractivity contribution < 1.29 is 4.79 Å². The molecule has 0 atom stereocenters. The maximum absolute atomic E-state index is 11.9. The van der Waals surface area contributed by atoms with Crippen LogP contribution in [-0.4, -0.2) is 27.6 Å². The van der Waals surface area contributed by atoms with Crippen LogP contribution in [0.15, 0.2) is 32.9 Å². The van der Waals surface area contributed by atoms with E-state index in [9.17, 15) is 4.79 Å². The van der Waals surface area contributed by atoms with Crippen molar-refractivity contribution in [3.05, 3.63) is 29.3 Å². The Morgan fingerprint density at radius 2 is 2.04 bits per heavy atom. The van der Waals surface area contributed by atoms with Crippen molar-refractivity contribution in [1.82, 2.24) is 10.2 Å². The van der Waals surface area contributed by atoms with Crippen molar-refractivity contribution in [3.63, 3.8) is 0 Å². The smallest absolute Gasteiger partial charge is 0.234 e. The molecule has 9 heteroatoms. The first kappa shape index (κ1) is 18.9. The lowest BCUT2D eigenvalue weighted by Crippen LogP contribution is -2.14. The van der Waals surface area contributed by atoms with Crippen LogP contribution in [0.5, 0.6) is 0 Å². The van der Waals surface area contributed by atoms with E-state index >= 15 is 0 Å². The molecule has 124 valence electrons. The van der Waals surface area contributed by atoms with Crippen molar-refractivity contribution in [1.29, 1.82) is 0 Å². The molecule has 2 aromatic rings. The first-order valence-corrected chi connectivity index (χ1v) is 11.3. The average Bonchev–Trinajstić information content (AvgIpc) is 2.95. The van der Waals surface area contributed by atoms with Crippen LogP contribution in [0.1, 0.15) is 13.8 Å². The van der Waals surface area contributed by atoms with E-state index in [1.165, 1.54) is 23.1 Å². The molecule has 1 heterocycles. The van der Waals surface area contributed by atoms with Gasteiger partial charge in [-0.2, -0.15) is 0 Å². The first-order chi connectivity index (χ1) is 11.0. The summed E-state index contributed by atoms with van der Waals surface area (Å²) in [7, 11) is 3.42. The molecule has 1 N–H and O–H groups in total. The second-order valence-electron chi connectivity index (χ2n) is 4.91. The number of carbonyl (C=O) groups is 1. The number of carbonyl (C=O) groups excluding carboxylic acids is 1. The number of thioether (sulfide) groups is 1. The van der Waals surface area contributed by atoms with Gasteiger partial charge in [0.15, 0.2) is 8.68 Å². The fourth-order valence-corrected chi connectivity index (χ4v) is 6.16. The minimum absolute atomic E-state index is 0.110. The van der Waals surface area contributed by atoms with Gasteiger partial charge in [-0.25, -0.2) is 0 Å². The molecule has 1 aromatic heterocycles. The first-order valence-electron chi connectivity index (χ1n) is 6.84. The van der Waals surface area contributed by atoms with Gasteiger partial charge in [0.2, 0.25) is 5.91 Å². The average molecular weight is 406 g/mol. The van der Waals surface area contributed by atoms with Gasteiger partial charge in [-0.1, -0.05) is 71.5 Å². The summed E-state index contributed by atoms with van der Waals surface area (Å²) in [5.41, 5.74) is 0.623. The molecule has 23 heavy (non-hydrogen) atoms. The summed E-state index contributed by atoms with van der Waals surface area (Å²) in [6.45, 7) is 4.37. The third kappa shape index (κ3) is 6.93. The van der Waals surface area contributed by atoms with E-state index in [0.29, 0.717) is 16.6 Å². The van der Waals surface area contributed by atoms with Crippen molar-refractivity contribution in [2.24, 2.45) is 5.92 Å². The highest BCUT2D eigenvalue weighted by molar-refractivity contribution is 8.77. The predicted octanol–water partition coefficient (Wildman–Crippen LogP) is 5.32. The fraction of sp³-hybridized carbons (Fsp3) is 0.357. The number of rotatable bonds is 8. The van der Waals surface area contributed by atoms with E-state index in [2.05, 4.69) is 29.4 Å². The molecule has 0 unspecified atom stereocenters. The van der Waals surface area contributed by atoms with Gasteiger partial charge in [-0.05, 0) is 28.8 Å². The fourth-order valence-electron chi connectivity index (χ4n) is 1.39. The van der Waals surface area contributed by atoms with Crippen molar-refractivity contribution in [2.75, 3.05) is 16.8 Å². The number of benzene rings is 1. The molecular formula is C14H16ClN3OS4. The molecule has 0 aliphatic heterocycles. The van der Waals surface area contributed by atoms with Gasteiger partial charge in [0.05, 0.1) is 16.5 Å². The lowest BCUT2D eigenvalue weighted by molar-refractivity contribution is -0.113. The van der Waals surface area contributed by atoms with Crippen molar-refractivity contribution >= 4 is 67.9 Å². The maximum atomic E-state index is 11.9. The van der Waals surface area contributed by atoms with Crippen LogP contribution in [0, 0.1) is 5.92 Å². The van der Waals surface area contributed by atoms with Crippen molar-refractivity contribution in [3.8, 4) is 0 Å². The molecule has 0 aliphatic carbocycles. The van der Waals surface area contributed by atoms with Crippen LogP contribution < -0.4 is 5.32 Å². The summed E-state index contributed by atoms with van der Waals surface area (Å²) in [6.07, 6.45) is 0. The van der Waals surface area contributed by atoms with Crippen LogP contribution in [0.2, 0.25) is 5.02 Å². The molecule has 0 bridgehead atoms. The third-order valence-corrected chi connectivity index (χ3v) is 7.77. The van der Waals surface area contributed by atoms with Crippen LogP contribution in [0.4, 0.5) is 5.69 Å². The summed E-state index contributed by atoms with van der Waals surface area (Å²) in [5.74, 6) is 1.90. The number of hydrogen-bond donors (Lipinski definition) is 1. The maximum Gasteiger partial charge on any atom is 0.234 e. The number of aromatic nitrogens is 2. The Morgan fingerprint density at radius 3 is 2.78 bits per heavy atom. The highest BCUT2D eigenvalue weighted by Crippen LogP contribution is 2.36. The Bertz CT molecular complexity index is 650. The highest BCUT2D eigenvalue weighted by atomic mass is 35.5. The Morgan fingerprint density at radius 1 is 1.30 bits per heavy atom. The van der Waals surface area contributed by atoms with Gasteiger partial charge in [0, 0.05) is 5.75 Å². The topological polar surface area (TPSA) is 54.9 Å². The molecule has 1 amide bonds. The number of halogens is 1. The van der Waals surface area contributed by atoms with E-state index in [-0.39, 0.29) is 11.7 Å². The quantitative estimate of drug-likeness (QED) is 0.473. The SMILES string of the molecule is CC(C)CSSc1nnc(SCC(=O)Nc2ccccc2Cl)s1. The summed E-state index contributed by atoms with van der Waals surface area (Å²) >= 11 is 8.91. The van der Waals surface area contributed by atoms with Crippen LogP contribution in [-0.2, 0) is 4.79 Å². The molecule has 0 saturated carbocycles. The standard InChI is InChI=1S/C14H16ClN3OS4/c1-9(2)7-21-23-14-18-17-13(22-14)20-8-12(19)16-11-6-4-3-5-10(11)15/h3-6,9H,7-8H2,1-2H3,(H,16,19). The predicted molar refractivity (Wildman–Crippen MR) is 104 cm³/mol. The summed E-state index contributed by atoms with van der Waals surface area (Å²) in [5, 5.41) is 11.5. The van der Waals surface area contributed by atoms with Gasteiger partial charge < -0.3 is 5.32 Å². The van der Waals surface area contributed by atoms with Crippen LogP contribution >= 0.6 is 56.3 Å². The molecule has 2 rings (SSSR count). The van der Waals surface area contributed by atoms with Gasteiger partial charge in [-0.3, -0.25) is 4.79 Å². The Balaban J connectivity index is 1.76. The Kier molecular flexibility index (Phi) is 8.05. The van der Waals surface area contributed by atoms with Crippen LogP contribution in [0.3, 0.4) is 0 Å². The largest absolute Gasteiger partial charge is 0.324 e. The number of anilines is 1. The number of para-hydroxylation sites is 1. The number of nitrogens with zero attached hydrogens (tertiary/aromatic N) is 2. The Hall–Kier alpha value is -0.410. The molecule has 0 radical (unpaired) electrons. The second-order valence-corrected chi connectivity index (χ2v) is 10.1. The monoisotopic (exact) mass is 405 g/mol. The lowest BCUT2D eigenvalue weighted by Gasteiger charge is -2.05. The number of amides is 1. The van der Waals surface area contributed by atoms with E-state index in [4.69, 9.17) is 11.6 Å². The van der Waals surface area contributed by atoms with Gasteiger partial charge in [0.1, 0.15) is 0 Å². The molecule has 0 spiro atoms. The molecule has 0 saturated heterocycles. The number of hydrogen-bond acceptors (Lipinski definition) is 7. The molecule has 1 aromatic carbocycles. The summed E-state index contributed by atoms with van der Waals surface area (Å²) in [6, 6.07) is 7.17. The summed E-state index contributed by atoms with van der Waals surface area (Å²) < 4.78 is 1.72. The molecule has 0 fully saturated rings. The molecule has 0 aliphatic rings. The van der Waals surface area contributed by atoms with E-state index < -0.39 is 0 Å². The normalized spacial score (nSPS) is 11.0. The number of nitrogens with one attached hydrogen (secondary N) is 1. The zero-order chi connectivity index (χ0) is 16.7. The van der Waals surface area contributed by atoms with Crippen LogP contribution in [0.25, 0.3) is 0 Å². The second kappa shape index (κ2) is 9.78. The van der Waals surface area contributed by atoms with Gasteiger partial charge in [-0.15, -0.1) is 10.2 Å². The van der Waals surface area contributed by atoms with Crippen molar-refractivity contribution in [2.45, 2.75) is 22.5 Å². The van der Waals surface area contributed by atoms with Gasteiger partial charge >= 0.3 is 0 Å². The van der Waals surface area contributed by atoms with E-state index in [1.54, 1.807) is 33.7 Å². The highest BCUT2D eigenvalue weighted by Gasteiger charge is 2.10.